The fraction of sp³-hybridized carbons (Fsp3) is 1.00. The van der Waals surface area contributed by atoms with E-state index in [1.54, 1.807) is 0 Å². The molecule has 0 radical (unpaired) electrons. The van der Waals surface area contributed by atoms with Crippen molar-refractivity contribution in [3.63, 3.8) is 0 Å². The van der Waals surface area contributed by atoms with E-state index >= 15 is 0 Å². The average molecular weight is 281 g/mol. The summed E-state index contributed by atoms with van der Waals surface area (Å²) in [5.74, 6) is 0. The van der Waals surface area contributed by atoms with Gasteiger partial charge < -0.3 is 4.74 Å². The van der Waals surface area contributed by atoms with Crippen molar-refractivity contribution in [1.82, 2.24) is 4.90 Å². The molecule has 2 aliphatic heterocycles. The van der Waals surface area contributed by atoms with Gasteiger partial charge in [0.2, 0.25) is 0 Å². The molecule has 0 saturated carbocycles. The summed E-state index contributed by atoms with van der Waals surface area (Å²) in [7, 11) is 0. The molecule has 2 saturated heterocycles. The molecule has 2 fully saturated rings. The van der Waals surface area contributed by atoms with Gasteiger partial charge in [0, 0.05) is 12.0 Å². The van der Waals surface area contributed by atoms with E-state index in [2.05, 4.69) is 34.4 Å². The monoisotopic (exact) mass is 281 g/mol. The van der Waals surface area contributed by atoms with Crippen molar-refractivity contribution >= 4 is 22.6 Å². The third kappa shape index (κ3) is 1.63. The Bertz CT molecular complexity index is 168. The third-order valence-corrected chi connectivity index (χ3v) is 3.80. The Morgan fingerprint density at radius 3 is 2.75 bits per heavy atom. The van der Waals surface area contributed by atoms with Gasteiger partial charge in [0.25, 0.3) is 0 Å². The number of rotatable bonds is 1. The van der Waals surface area contributed by atoms with Gasteiger partial charge in [-0.2, -0.15) is 0 Å². The Labute approximate surface area is 87.8 Å². The molecule has 0 N–H and O–H groups in total. The number of piperidine rings is 1. The van der Waals surface area contributed by atoms with Crippen molar-refractivity contribution in [3.05, 3.63) is 0 Å². The number of alkyl halides is 1. The van der Waals surface area contributed by atoms with E-state index in [1.807, 2.05) is 0 Å². The van der Waals surface area contributed by atoms with Crippen LogP contribution in [0, 0.1) is 5.41 Å². The van der Waals surface area contributed by atoms with E-state index in [-0.39, 0.29) is 0 Å². The van der Waals surface area contributed by atoms with Crippen molar-refractivity contribution in [3.8, 4) is 0 Å². The minimum absolute atomic E-state index is 0.553. The lowest BCUT2D eigenvalue weighted by atomic mass is 9.78. The molecule has 0 aliphatic carbocycles. The van der Waals surface area contributed by atoms with Crippen LogP contribution in [0.15, 0.2) is 0 Å². The smallest absolute Gasteiger partial charge is 0.0590 e. The van der Waals surface area contributed by atoms with Gasteiger partial charge in [-0.1, -0.05) is 22.6 Å². The minimum Gasteiger partial charge on any atom is -0.380 e. The van der Waals surface area contributed by atoms with E-state index in [0.717, 1.165) is 13.2 Å². The molecule has 0 aromatic rings. The van der Waals surface area contributed by atoms with E-state index in [1.165, 1.54) is 25.9 Å². The first-order valence-electron chi connectivity index (χ1n) is 4.68. The molecule has 0 aromatic heterocycles. The molecule has 2 nitrogen and oxygen atoms in total. The highest BCUT2D eigenvalue weighted by atomic mass is 127. The number of ether oxygens (including phenoxy) is 1. The highest BCUT2D eigenvalue weighted by Crippen LogP contribution is 2.37. The Balaban J connectivity index is 1.94. The van der Waals surface area contributed by atoms with Crippen LogP contribution in [0.4, 0.5) is 0 Å². The molecule has 2 heterocycles. The maximum Gasteiger partial charge on any atom is 0.0590 e. The Hall–Kier alpha value is 0.650. The summed E-state index contributed by atoms with van der Waals surface area (Å²) in [5.41, 5.74) is 0.553. The van der Waals surface area contributed by atoms with Gasteiger partial charge in [0.05, 0.1) is 17.3 Å². The zero-order valence-corrected chi connectivity index (χ0v) is 9.71. The third-order valence-electron chi connectivity index (χ3n) is 3.01. The maximum absolute atomic E-state index is 5.31. The molecule has 70 valence electrons. The predicted molar refractivity (Wildman–Crippen MR) is 57.5 cm³/mol. The summed E-state index contributed by atoms with van der Waals surface area (Å²) in [6.07, 6.45) is 2.74. The second kappa shape index (κ2) is 3.42. The second-order valence-electron chi connectivity index (χ2n) is 4.14. The van der Waals surface area contributed by atoms with Crippen molar-refractivity contribution in [2.75, 3.05) is 26.3 Å². The predicted octanol–water partition coefficient (Wildman–Crippen LogP) is 1.88. The summed E-state index contributed by atoms with van der Waals surface area (Å²) in [4.78, 5) is 2.58. The largest absolute Gasteiger partial charge is 0.380 e. The molecule has 3 heteroatoms. The van der Waals surface area contributed by atoms with Crippen LogP contribution >= 0.6 is 22.6 Å². The molecule has 1 unspecified atom stereocenters. The Morgan fingerprint density at radius 1 is 1.50 bits per heavy atom. The Kier molecular flexibility index (Phi) is 2.63. The van der Waals surface area contributed by atoms with Crippen LogP contribution in [0.25, 0.3) is 0 Å². The van der Waals surface area contributed by atoms with Crippen LogP contribution in [0.3, 0.4) is 0 Å². The van der Waals surface area contributed by atoms with Crippen LogP contribution in [-0.4, -0.2) is 35.3 Å². The lowest BCUT2D eigenvalue weighted by Crippen LogP contribution is -2.55. The summed E-state index contributed by atoms with van der Waals surface area (Å²) in [5, 5.41) is 0. The lowest BCUT2D eigenvalue weighted by molar-refractivity contribution is -0.144. The van der Waals surface area contributed by atoms with Crippen molar-refractivity contribution in [2.24, 2.45) is 5.41 Å². The van der Waals surface area contributed by atoms with Crippen LogP contribution < -0.4 is 0 Å². The van der Waals surface area contributed by atoms with Crippen molar-refractivity contribution in [1.29, 1.82) is 0 Å². The summed E-state index contributed by atoms with van der Waals surface area (Å²) >= 11 is 2.50. The summed E-state index contributed by atoms with van der Waals surface area (Å²) in [6.45, 7) is 6.84. The summed E-state index contributed by atoms with van der Waals surface area (Å²) < 4.78 is 6.00. The molecule has 1 spiro atoms. The number of hydrogen-bond acceptors (Lipinski definition) is 2. The Morgan fingerprint density at radius 2 is 2.25 bits per heavy atom. The van der Waals surface area contributed by atoms with Gasteiger partial charge in [-0.25, -0.2) is 0 Å². The van der Waals surface area contributed by atoms with Gasteiger partial charge >= 0.3 is 0 Å². The first kappa shape index (κ1) is 9.21. The fourth-order valence-corrected chi connectivity index (χ4v) is 2.65. The molecule has 0 bridgehead atoms. The van der Waals surface area contributed by atoms with Gasteiger partial charge in [-0.05, 0) is 26.3 Å². The maximum atomic E-state index is 5.31. The summed E-state index contributed by atoms with van der Waals surface area (Å²) in [6, 6.07) is 0. The van der Waals surface area contributed by atoms with Crippen LogP contribution in [-0.2, 0) is 4.74 Å². The van der Waals surface area contributed by atoms with E-state index < -0.39 is 0 Å². The first-order chi connectivity index (χ1) is 5.72. The second-order valence-corrected chi connectivity index (χ2v) is 5.94. The van der Waals surface area contributed by atoms with Crippen molar-refractivity contribution in [2.45, 2.75) is 23.8 Å². The zero-order chi connectivity index (χ0) is 8.60. The quantitative estimate of drug-likeness (QED) is 0.413. The number of likely N-dealkylation sites (tertiary alicyclic amines) is 1. The van der Waals surface area contributed by atoms with Crippen LogP contribution in [0.1, 0.15) is 19.8 Å². The highest BCUT2D eigenvalue weighted by Gasteiger charge is 2.42. The van der Waals surface area contributed by atoms with Crippen LogP contribution in [0.2, 0.25) is 0 Å². The van der Waals surface area contributed by atoms with E-state index in [0.29, 0.717) is 9.46 Å². The van der Waals surface area contributed by atoms with E-state index in [4.69, 9.17) is 4.74 Å². The van der Waals surface area contributed by atoms with Crippen LogP contribution in [0.5, 0.6) is 0 Å². The van der Waals surface area contributed by atoms with Crippen molar-refractivity contribution < 1.29 is 4.74 Å². The number of nitrogens with zero attached hydrogens (tertiary/aromatic N) is 1. The van der Waals surface area contributed by atoms with Gasteiger partial charge in [0.1, 0.15) is 0 Å². The fourth-order valence-electron chi connectivity index (χ4n) is 2.18. The molecule has 12 heavy (non-hydrogen) atoms. The van der Waals surface area contributed by atoms with Gasteiger partial charge in [-0.15, -0.1) is 0 Å². The standard InChI is InChI=1S/C9H16INO/c1-8(10)11-4-2-3-9(5-11)6-12-7-9/h8H,2-7H2,1H3. The number of halogens is 1. The normalized spacial score (nSPS) is 31.5. The average Bonchev–Trinajstić information content (AvgIpc) is 2.02. The molecule has 0 aromatic carbocycles. The molecule has 1 atom stereocenters. The molecule has 2 aliphatic rings. The van der Waals surface area contributed by atoms with Gasteiger partial charge in [0.15, 0.2) is 0 Å². The highest BCUT2D eigenvalue weighted by molar-refractivity contribution is 14.1. The van der Waals surface area contributed by atoms with Gasteiger partial charge in [-0.3, -0.25) is 4.90 Å². The topological polar surface area (TPSA) is 12.5 Å². The molecule has 0 amide bonds. The molecule has 2 rings (SSSR count). The lowest BCUT2D eigenvalue weighted by Gasteiger charge is -2.49. The minimum atomic E-state index is 0.553. The zero-order valence-electron chi connectivity index (χ0n) is 7.55. The number of hydrogen-bond donors (Lipinski definition) is 0. The first-order valence-corrected chi connectivity index (χ1v) is 5.92. The molecular formula is C9H16INO. The molecular weight excluding hydrogens is 265 g/mol. The SMILES string of the molecule is CC(I)N1CCCC2(COC2)C1. The van der Waals surface area contributed by atoms with E-state index in [9.17, 15) is 0 Å².